The minimum Gasteiger partial charge on any atom is -0.454 e. The van der Waals surface area contributed by atoms with Crippen LogP contribution in [0, 0.1) is 0 Å². The summed E-state index contributed by atoms with van der Waals surface area (Å²) in [7, 11) is 0. The van der Waals surface area contributed by atoms with Crippen LogP contribution in [0.4, 0.5) is 5.69 Å². The van der Waals surface area contributed by atoms with E-state index in [0.717, 1.165) is 61.4 Å². The minimum absolute atomic E-state index is 0.169. The second-order valence-electron chi connectivity index (χ2n) is 11.4. The Kier molecular flexibility index (Phi) is 6.99. The third-order valence-electron chi connectivity index (χ3n) is 8.77. The van der Waals surface area contributed by atoms with Crippen LogP contribution < -0.4 is 25.3 Å². The Bertz CT molecular complexity index is 1610. The van der Waals surface area contributed by atoms with E-state index in [4.69, 9.17) is 13.9 Å². The first-order valence-corrected chi connectivity index (χ1v) is 14.7. The van der Waals surface area contributed by atoms with Crippen LogP contribution in [0.15, 0.2) is 39.5 Å². The van der Waals surface area contributed by atoms with Gasteiger partial charge in [-0.05, 0) is 61.1 Å². The first-order valence-electron chi connectivity index (χ1n) is 14.7. The third-order valence-corrected chi connectivity index (χ3v) is 8.77. The van der Waals surface area contributed by atoms with Crippen molar-refractivity contribution in [3.8, 4) is 11.5 Å². The van der Waals surface area contributed by atoms with Gasteiger partial charge in [0.05, 0.1) is 6.61 Å². The molecule has 1 fully saturated rings. The summed E-state index contributed by atoms with van der Waals surface area (Å²) in [6.45, 7) is 4.57. The number of piperazine rings is 1. The average molecular weight is 575 g/mol. The summed E-state index contributed by atoms with van der Waals surface area (Å²) in [5, 5.41) is 13.3. The third kappa shape index (κ3) is 4.86. The van der Waals surface area contributed by atoms with Gasteiger partial charge in [0.1, 0.15) is 17.2 Å². The molecule has 1 atom stereocenters. The molecule has 2 aromatic carbocycles. The Labute approximate surface area is 242 Å². The highest BCUT2D eigenvalue weighted by Crippen LogP contribution is 2.39. The monoisotopic (exact) mass is 574 g/mol. The number of amides is 2. The van der Waals surface area contributed by atoms with E-state index in [1.165, 1.54) is 11.3 Å². The predicted octanol–water partition coefficient (Wildman–Crippen LogP) is 1.66. The Morgan fingerprint density at radius 2 is 1.74 bits per heavy atom. The van der Waals surface area contributed by atoms with Crippen LogP contribution in [-0.2, 0) is 24.2 Å². The quantitative estimate of drug-likeness (QED) is 0.423. The van der Waals surface area contributed by atoms with Crippen molar-refractivity contribution in [2.45, 2.75) is 38.3 Å². The lowest BCUT2D eigenvalue weighted by molar-refractivity contribution is -0.136. The van der Waals surface area contributed by atoms with Gasteiger partial charge in [0.2, 0.25) is 12.7 Å². The van der Waals surface area contributed by atoms with E-state index >= 15 is 0 Å². The number of nitrogens with one attached hydrogen (secondary N) is 1. The topological polar surface area (TPSA) is 125 Å². The van der Waals surface area contributed by atoms with Crippen LogP contribution in [0.1, 0.15) is 39.9 Å². The molecule has 4 aliphatic rings. The SMILES string of the molecule is O=C(N[C@@H](CO)C(=O)N1CCN(Cc2ccc3c(c2)OCO3)CC1)c1cc2cc3c4c(c2oc1=O)CCCN4CCC3. The number of benzene rings is 2. The van der Waals surface area contributed by atoms with Crippen molar-refractivity contribution in [1.29, 1.82) is 0 Å². The molecule has 2 amide bonds. The van der Waals surface area contributed by atoms with E-state index in [0.29, 0.717) is 43.7 Å². The molecule has 5 heterocycles. The molecule has 1 saturated heterocycles. The molecule has 220 valence electrons. The number of aliphatic hydroxyl groups excluding tert-OH is 1. The van der Waals surface area contributed by atoms with Crippen LogP contribution >= 0.6 is 0 Å². The number of hydrogen-bond acceptors (Lipinski definition) is 9. The molecule has 0 radical (unpaired) electrons. The van der Waals surface area contributed by atoms with Crippen molar-refractivity contribution in [1.82, 2.24) is 15.1 Å². The summed E-state index contributed by atoms with van der Waals surface area (Å²) in [6, 6.07) is 8.30. The lowest BCUT2D eigenvalue weighted by atomic mass is 9.90. The van der Waals surface area contributed by atoms with Gasteiger partial charge in [0.25, 0.3) is 5.91 Å². The first-order chi connectivity index (χ1) is 20.5. The number of ether oxygens (including phenoxy) is 2. The fourth-order valence-electron chi connectivity index (χ4n) is 6.67. The summed E-state index contributed by atoms with van der Waals surface area (Å²) in [5.74, 6) is 0.376. The Morgan fingerprint density at radius 1 is 0.952 bits per heavy atom. The van der Waals surface area contributed by atoms with Crippen molar-refractivity contribution < 1.29 is 28.6 Å². The maximum atomic E-state index is 13.3. The molecular weight excluding hydrogens is 540 g/mol. The molecule has 2 N–H and O–H groups in total. The summed E-state index contributed by atoms with van der Waals surface area (Å²) in [6.07, 6.45) is 3.83. The summed E-state index contributed by atoms with van der Waals surface area (Å²) in [5.41, 5.74) is 4.15. The predicted molar refractivity (Wildman–Crippen MR) is 154 cm³/mol. The number of hydrogen-bond donors (Lipinski definition) is 2. The van der Waals surface area contributed by atoms with Gasteiger partial charge in [-0.2, -0.15) is 0 Å². The van der Waals surface area contributed by atoms with Crippen LogP contribution in [-0.4, -0.2) is 85.4 Å². The normalized spacial score (nSPS) is 18.6. The number of rotatable bonds is 6. The Hall–Kier alpha value is -4.09. The zero-order valence-electron chi connectivity index (χ0n) is 23.4. The van der Waals surface area contributed by atoms with Gasteiger partial charge < -0.3 is 34.1 Å². The minimum atomic E-state index is -1.16. The van der Waals surface area contributed by atoms with Crippen molar-refractivity contribution in [2.75, 3.05) is 57.6 Å². The fraction of sp³-hybridized carbons (Fsp3) is 0.452. The van der Waals surface area contributed by atoms with Crippen LogP contribution in [0.3, 0.4) is 0 Å². The molecule has 42 heavy (non-hydrogen) atoms. The summed E-state index contributed by atoms with van der Waals surface area (Å²) >= 11 is 0. The number of anilines is 1. The van der Waals surface area contributed by atoms with Crippen molar-refractivity contribution in [3.05, 3.63) is 63.0 Å². The van der Waals surface area contributed by atoms with Gasteiger partial charge in [-0.3, -0.25) is 14.5 Å². The van der Waals surface area contributed by atoms with E-state index < -0.39 is 24.2 Å². The van der Waals surface area contributed by atoms with Gasteiger partial charge in [-0.1, -0.05) is 6.07 Å². The number of fused-ring (bicyclic) bond motifs is 3. The van der Waals surface area contributed by atoms with E-state index in [9.17, 15) is 19.5 Å². The average Bonchev–Trinajstić information content (AvgIpc) is 3.48. The van der Waals surface area contributed by atoms with Crippen LogP contribution in [0.2, 0.25) is 0 Å². The molecule has 0 aliphatic carbocycles. The molecular formula is C31H34N4O7. The zero-order chi connectivity index (χ0) is 28.8. The molecule has 3 aromatic rings. The Morgan fingerprint density at radius 3 is 2.55 bits per heavy atom. The largest absolute Gasteiger partial charge is 0.454 e. The maximum Gasteiger partial charge on any atom is 0.349 e. The number of nitrogens with zero attached hydrogens (tertiary/aromatic N) is 3. The zero-order valence-corrected chi connectivity index (χ0v) is 23.4. The van der Waals surface area contributed by atoms with Crippen molar-refractivity contribution in [3.63, 3.8) is 0 Å². The molecule has 11 nitrogen and oxygen atoms in total. The van der Waals surface area contributed by atoms with E-state index in [-0.39, 0.29) is 18.3 Å². The van der Waals surface area contributed by atoms with Gasteiger partial charge in [-0.15, -0.1) is 0 Å². The highest BCUT2D eigenvalue weighted by molar-refractivity contribution is 6.00. The van der Waals surface area contributed by atoms with Crippen LogP contribution in [0.25, 0.3) is 11.0 Å². The number of aliphatic hydroxyl groups is 1. The molecule has 0 unspecified atom stereocenters. The van der Waals surface area contributed by atoms with Gasteiger partial charge in [0.15, 0.2) is 11.5 Å². The van der Waals surface area contributed by atoms with Crippen molar-refractivity contribution >= 4 is 28.5 Å². The second-order valence-corrected chi connectivity index (χ2v) is 11.4. The Balaban J connectivity index is 1.02. The number of aryl methyl sites for hydroxylation is 2. The molecule has 1 aromatic heterocycles. The summed E-state index contributed by atoms with van der Waals surface area (Å²) in [4.78, 5) is 45.7. The maximum absolute atomic E-state index is 13.3. The molecule has 7 rings (SSSR count). The molecule has 11 heteroatoms. The fourth-order valence-corrected chi connectivity index (χ4v) is 6.67. The molecule has 0 spiro atoms. The number of carbonyl (C=O) groups excluding carboxylic acids is 2. The van der Waals surface area contributed by atoms with E-state index in [1.54, 1.807) is 11.0 Å². The highest BCUT2D eigenvalue weighted by atomic mass is 16.7. The smallest absolute Gasteiger partial charge is 0.349 e. The molecule has 0 saturated carbocycles. The second kappa shape index (κ2) is 11.0. The van der Waals surface area contributed by atoms with Crippen LogP contribution in [0.5, 0.6) is 11.5 Å². The molecule has 4 aliphatic heterocycles. The lowest BCUT2D eigenvalue weighted by Crippen LogP contribution is -2.56. The first kappa shape index (κ1) is 26.8. The van der Waals surface area contributed by atoms with E-state index in [1.807, 2.05) is 24.3 Å². The number of carbonyl (C=O) groups is 2. The van der Waals surface area contributed by atoms with Gasteiger partial charge in [0, 0.05) is 62.5 Å². The summed E-state index contributed by atoms with van der Waals surface area (Å²) < 4.78 is 16.6. The van der Waals surface area contributed by atoms with Gasteiger partial charge >= 0.3 is 5.63 Å². The highest BCUT2D eigenvalue weighted by Gasteiger charge is 2.31. The van der Waals surface area contributed by atoms with Crippen molar-refractivity contribution in [2.24, 2.45) is 0 Å². The van der Waals surface area contributed by atoms with E-state index in [2.05, 4.69) is 15.1 Å². The lowest BCUT2D eigenvalue weighted by Gasteiger charge is -2.37. The van der Waals surface area contributed by atoms with Gasteiger partial charge in [-0.25, -0.2) is 4.79 Å². The standard InChI is InChI=1S/C31H34N4O7/c36-17-24(30(38)35-11-9-33(10-12-35)16-19-5-6-25-26(13-19)41-18-40-25)32-29(37)23-15-21-14-20-3-1-7-34-8-2-4-22(27(20)34)28(21)42-31(23)39/h5-6,13-15,24,36H,1-4,7-12,16-18H2,(H,32,37)/t24-/m0/s1. The molecule has 0 bridgehead atoms.